The first-order chi connectivity index (χ1) is 6.34. The molecule has 0 atom stereocenters. The van der Waals surface area contributed by atoms with Gasteiger partial charge in [-0.2, -0.15) is 4.37 Å². The number of nitrogen functional groups attached to an aromatic ring is 1. The lowest BCUT2D eigenvalue weighted by atomic mass is 10.5. The summed E-state index contributed by atoms with van der Waals surface area (Å²) in [6, 6.07) is 1.83. The molecule has 13 heavy (non-hydrogen) atoms. The molecule has 0 spiro atoms. The SMILES string of the molecule is Nc1cc(NN2CCOCC2)sn1. The Balaban J connectivity index is 1.89. The van der Waals surface area contributed by atoms with E-state index in [4.69, 9.17) is 10.5 Å². The predicted molar refractivity (Wildman–Crippen MR) is 52.5 cm³/mol. The molecule has 0 amide bonds. The van der Waals surface area contributed by atoms with E-state index in [0.29, 0.717) is 5.82 Å². The number of morpholine rings is 1. The van der Waals surface area contributed by atoms with E-state index >= 15 is 0 Å². The van der Waals surface area contributed by atoms with E-state index in [1.54, 1.807) is 0 Å². The van der Waals surface area contributed by atoms with Crippen LogP contribution in [0.4, 0.5) is 10.8 Å². The van der Waals surface area contributed by atoms with Crippen LogP contribution < -0.4 is 11.2 Å². The van der Waals surface area contributed by atoms with Gasteiger partial charge in [-0.3, -0.25) is 0 Å². The Morgan fingerprint density at radius 3 is 2.92 bits per heavy atom. The molecule has 0 saturated carbocycles. The van der Waals surface area contributed by atoms with E-state index in [2.05, 4.69) is 14.8 Å². The first kappa shape index (κ1) is 8.74. The van der Waals surface area contributed by atoms with Crippen LogP contribution in [0.15, 0.2) is 6.07 Å². The zero-order chi connectivity index (χ0) is 9.10. The quantitative estimate of drug-likeness (QED) is 0.723. The molecule has 1 fully saturated rings. The standard InChI is InChI=1S/C7H12N4OS/c8-6-5-7(13-10-6)9-11-1-3-12-4-2-11/h5,9H,1-4H2,(H2,8,10). The summed E-state index contributed by atoms with van der Waals surface area (Å²) in [4.78, 5) is 0. The summed E-state index contributed by atoms with van der Waals surface area (Å²) in [6.07, 6.45) is 0. The van der Waals surface area contributed by atoms with Gasteiger partial charge in [-0.15, -0.1) is 0 Å². The molecule has 0 unspecified atom stereocenters. The molecular formula is C7H12N4OS. The molecule has 3 N–H and O–H groups in total. The predicted octanol–water partition coefficient (Wildman–Crippen LogP) is 0.384. The first-order valence-electron chi connectivity index (χ1n) is 4.16. The molecule has 1 aromatic rings. The number of aromatic nitrogens is 1. The summed E-state index contributed by atoms with van der Waals surface area (Å²) >= 11 is 1.37. The lowest BCUT2D eigenvalue weighted by Gasteiger charge is -2.26. The Kier molecular flexibility index (Phi) is 2.62. The Bertz CT molecular complexity index is 271. The van der Waals surface area contributed by atoms with Crippen LogP contribution in [0.2, 0.25) is 0 Å². The second-order valence-electron chi connectivity index (χ2n) is 2.83. The molecule has 1 aliphatic heterocycles. The van der Waals surface area contributed by atoms with E-state index in [1.807, 2.05) is 6.07 Å². The highest BCUT2D eigenvalue weighted by Crippen LogP contribution is 2.18. The van der Waals surface area contributed by atoms with Crippen molar-refractivity contribution in [2.45, 2.75) is 0 Å². The Morgan fingerprint density at radius 2 is 2.31 bits per heavy atom. The zero-order valence-electron chi connectivity index (χ0n) is 7.19. The third-order valence-electron chi connectivity index (χ3n) is 1.81. The van der Waals surface area contributed by atoms with Crippen LogP contribution in [0.5, 0.6) is 0 Å². The molecule has 1 aliphatic rings. The number of nitrogens with two attached hydrogens (primary N) is 1. The van der Waals surface area contributed by atoms with Crippen molar-refractivity contribution in [3.05, 3.63) is 6.07 Å². The fraction of sp³-hybridized carbons (Fsp3) is 0.571. The number of hydrogen-bond donors (Lipinski definition) is 2. The van der Waals surface area contributed by atoms with Crippen LogP contribution >= 0.6 is 11.5 Å². The van der Waals surface area contributed by atoms with Gasteiger partial charge in [0, 0.05) is 19.2 Å². The first-order valence-corrected chi connectivity index (χ1v) is 4.93. The van der Waals surface area contributed by atoms with Gasteiger partial charge in [0.15, 0.2) is 0 Å². The lowest BCUT2D eigenvalue weighted by molar-refractivity contribution is 0.0499. The summed E-state index contributed by atoms with van der Waals surface area (Å²) in [5, 5.41) is 3.09. The summed E-state index contributed by atoms with van der Waals surface area (Å²) in [5.41, 5.74) is 8.73. The average Bonchev–Trinajstić information content (AvgIpc) is 2.53. The number of anilines is 2. The topological polar surface area (TPSA) is 63.4 Å². The van der Waals surface area contributed by atoms with E-state index in [-0.39, 0.29) is 0 Å². The number of hydrazine groups is 1. The van der Waals surface area contributed by atoms with Crippen LogP contribution in [-0.4, -0.2) is 35.7 Å². The Morgan fingerprint density at radius 1 is 1.54 bits per heavy atom. The van der Waals surface area contributed by atoms with Crippen molar-refractivity contribution in [2.24, 2.45) is 0 Å². The van der Waals surface area contributed by atoms with Gasteiger partial charge in [0.05, 0.1) is 13.2 Å². The molecule has 2 rings (SSSR count). The third-order valence-corrected chi connectivity index (χ3v) is 2.52. The molecule has 5 nitrogen and oxygen atoms in total. The minimum absolute atomic E-state index is 0.570. The lowest BCUT2D eigenvalue weighted by Crippen LogP contribution is -2.39. The maximum Gasteiger partial charge on any atom is 0.139 e. The van der Waals surface area contributed by atoms with Gasteiger partial charge in [-0.05, 0) is 11.5 Å². The second-order valence-corrected chi connectivity index (χ2v) is 3.63. The van der Waals surface area contributed by atoms with Gasteiger partial charge in [0.1, 0.15) is 10.8 Å². The van der Waals surface area contributed by atoms with E-state index in [9.17, 15) is 0 Å². The van der Waals surface area contributed by atoms with Crippen molar-refractivity contribution in [3.63, 3.8) is 0 Å². The van der Waals surface area contributed by atoms with Crippen LogP contribution in [0.3, 0.4) is 0 Å². The number of rotatable bonds is 2. The largest absolute Gasteiger partial charge is 0.383 e. The van der Waals surface area contributed by atoms with Gasteiger partial charge < -0.3 is 15.9 Å². The van der Waals surface area contributed by atoms with Crippen molar-refractivity contribution in [2.75, 3.05) is 37.5 Å². The highest BCUT2D eigenvalue weighted by molar-refractivity contribution is 7.10. The Hall–Kier alpha value is -0.850. The van der Waals surface area contributed by atoms with Crippen LogP contribution in [0, 0.1) is 0 Å². The molecule has 6 heteroatoms. The summed E-state index contributed by atoms with van der Waals surface area (Å²) < 4.78 is 9.21. The van der Waals surface area contributed by atoms with Crippen LogP contribution in [0.1, 0.15) is 0 Å². The molecular weight excluding hydrogens is 188 g/mol. The van der Waals surface area contributed by atoms with Gasteiger partial charge >= 0.3 is 0 Å². The Labute approximate surface area is 80.6 Å². The normalized spacial score (nSPS) is 18.8. The molecule has 2 heterocycles. The molecule has 72 valence electrons. The van der Waals surface area contributed by atoms with E-state index in [1.165, 1.54) is 11.5 Å². The fourth-order valence-corrected chi connectivity index (χ4v) is 1.77. The number of ether oxygens (including phenoxy) is 1. The highest BCUT2D eigenvalue weighted by atomic mass is 32.1. The molecule has 0 aromatic carbocycles. The van der Waals surface area contributed by atoms with E-state index in [0.717, 1.165) is 31.3 Å². The van der Waals surface area contributed by atoms with Crippen LogP contribution in [0.25, 0.3) is 0 Å². The highest BCUT2D eigenvalue weighted by Gasteiger charge is 2.10. The second kappa shape index (κ2) is 3.91. The van der Waals surface area contributed by atoms with Gasteiger partial charge in [0.25, 0.3) is 0 Å². The molecule has 0 bridgehead atoms. The smallest absolute Gasteiger partial charge is 0.139 e. The zero-order valence-corrected chi connectivity index (χ0v) is 8.01. The van der Waals surface area contributed by atoms with Crippen molar-refractivity contribution in [3.8, 4) is 0 Å². The number of hydrogen-bond acceptors (Lipinski definition) is 6. The minimum Gasteiger partial charge on any atom is -0.383 e. The van der Waals surface area contributed by atoms with E-state index < -0.39 is 0 Å². The van der Waals surface area contributed by atoms with Gasteiger partial charge in [-0.25, -0.2) is 5.01 Å². The maximum absolute atomic E-state index is 5.50. The fourth-order valence-electron chi connectivity index (χ4n) is 1.17. The molecule has 1 saturated heterocycles. The van der Waals surface area contributed by atoms with Crippen molar-refractivity contribution < 1.29 is 4.74 Å². The van der Waals surface area contributed by atoms with Gasteiger partial charge in [-0.1, -0.05) is 0 Å². The van der Waals surface area contributed by atoms with Crippen molar-refractivity contribution >= 4 is 22.4 Å². The molecule has 1 aromatic heterocycles. The summed E-state index contributed by atoms with van der Waals surface area (Å²) in [5.74, 6) is 0.570. The molecule has 0 aliphatic carbocycles. The third kappa shape index (κ3) is 2.30. The summed E-state index contributed by atoms with van der Waals surface area (Å²) in [6.45, 7) is 3.36. The number of nitrogens with zero attached hydrogens (tertiary/aromatic N) is 2. The minimum atomic E-state index is 0.570. The molecule has 0 radical (unpaired) electrons. The monoisotopic (exact) mass is 200 g/mol. The average molecular weight is 200 g/mol. The van der Waals surface area contributed by atoms with Crippen LogP contribution in [-0.2, 0) is 4.74 Å². The maximum atomic E-state index is 5.50. The van der Waals surface area contributed by atoms with Crippen molar-refractivity contribution in [1.29, 1.82) is 0 Å². The summed E-state index contributed by atoms with van der Waals surface area (Å²) in [7, 11) is 0. The number of nitrogens with one attached hydrogen (secondary N) is 1. The van der Waals surface area contributed by atoms with Crippen molar-refractivity contribution in [1.82, 2.24) is 9.38 Å². The van der Waals surface area contributed by atoms with Gasteiger partial charge in [0.2, 0.25) is 0 Å².